The van der Waals surface area contributed by atoms with E-state index in [1.165, 1.54) is 0 Å². The van der Waals surface area contributed by atoms with Gasteiger partial charge in [0.2, 0.25) is 17.7 Å². The van der Waals surface area contributed by atoms with E-state index >= 15 is 0 Å². The van der Waals surface area contributed by atoms with Gasteiger partial charge in [0.15, 0.2) is 0 Å². The van der Waals surface area contributed by atoms with Gasteiger partial charge in [-0.3, -0.25) is 4.79 Å². The van der Waals surface area contributed by atoms with Crippen LogP contribution in [0.2, 0.25) is 0 Å². The third kappa shape index (κ3) is 2.62. The lowest BCUT2D eigenvalue weighted by Crippen LogP contribution is -2.49. The van der Waals surface area contributed by atoms with Gasteiger partial charge in [0.1, 0.15) is 0 Å². The number of anilines is 1. The molecule has 6 nitrogen and oxygen atoms in total. The van der Waals surface area contributed by atoms with E-state index < -0.39 is 0 Å². The SMILES string of the molecule is COc1ccnc(N2CCN(C(=O)C3CC3)CC2)n1. The van der Waals surface area contributed by atoms with E-state index in [0.29, 0.717) is 23.7 Å². The molecule has 0 aromatic carbocycles. The van der Waals surface area contributed by atoms with Gasteiger partial charge in [-0.2, -0.15) is 4.98 Å². The van der Waals surface area contributed by atoms with Crippen LogP contribution < -0.4 is 9.64 Å². The zero-order valence-electron chi connectivity index (χ0n) is 11.1. The monoisotopic (exact) mass is 262 g/mol. The summed E-state index contributed by atoms with van der Waals surface area (Å²) in [7, 11) is 1.60. The van der Waals surface area contributed by atoms with Crippen LogP contribution in [0.15, 0.2) is 12.3 Å². The number of nitrogens with zero attached hydrogens (tertiary/aromatic N) is 4. The summed E-state index contributed by atoms with van der Waals surface area (Å²) in [5, 5.41) is 0. The van der Waals surface area contributed by atoms with Crippen molar-refractivity contribution in [3.05, 3.63) is 12.3 Å². The number of amides is 1. The van der Waals surface area contributed by atoms with Crippen LogP contribution in [0.1, 0.15) is 12.8 Å². The highest BCUT2D eigenvalue weighted by atomic mass is 16.5. The Morgan fingerprint density at radius 1 is 1.32 bits per heavy atom. The van der Waals surface area contributed by atoms with E-state index in [0.717, 1.165) is 39.0 Å². The first-order valence-corrected chi connectivity index (χ1v) is 6.68. The van der Waals surface area contributed by atoms with Crippen molar-refractivity contribution < 1.29 is 9.53 Å². The molecule has 1 aromatic heterocycles. The van der Waals surface area contributed by atoms with E-state index in [9.17, 15) is 4.79 Å². The van der Waals surface area contributed by atoms with Crippen molar-refractivity contribution in [1.29, 1.82) is 0 Å². The van der Waals surface area contributed by atoms with E-state index in [2.05, 4.69) is 14.9 Å². The highest BCUT2D eigenvalue weighted by molar-refractivity contribution is 5.81. The number of rotatable bonds is 3. The van der Waals surface area contributed by atoms with Gasteiger partial charge >= 0.3 is 0 Å². The molecule has 1 aliphatic heterocycles. The lowest BCUT2D eigenvalue weighted by atomic mass is 10.2. The second-order valence-corrected chi connectivity index (χ2v) is 4.99. The Morgan fingerprint density at radius 2 is 2.05 bits per heavy atom. The van der Waals surface area contributed by atoms with Crippen molar-refractivity contribution >= 4 is 11.9 Å². The Hall–Kier alpha value is -1.85. The summed E-state index contributed by atoms with van der Waals surface area (Å²) in [5.74, 6) is 1.88. The molecule has 1 amide bonds. The molecule has 6 heteroatoms. The number of aromatic nitrogens is 2. The molecule has 3 rings (SSSR count). The van der Waals surface area contributed by atoms with Crippen molar-refractivity contribution in [2.75, 3.05) is 38.2 Å². The van der Waals surface area contributed by atoms with Crippen molar-refractivity contribution in [1.82, 2.24) is 14.9 Å². The first-order chi connectivity index (χ1) is 9.28. The van der Waals surface area contributed by atoms with Gasteiger partial charge in [-0.25, -0.2) is 4.98 Å². The second kappa shape index (κ2) is 5.03. The Labute approximate surface area is 112 Å². The molecule has 1 aromatic rings. The maximum atomic E-state index is 12.0. The number of carbonyl (C=O) groups excluding carboxylic acids is 1. The van der Waals surface area contributed by atoms with Gasteiger partial charge in [0.05, 0.1) is 7.11 Å². The van der Waals surface area contributed by atoms with Crippen LogP contribution in [0, 0.1) is 5.92 Å². The molecule has 2 fully saturated rings. The maximum absolute atomic E-state index is 12.0. The molecule has 0 N–H and O–H groups in total. The number of piperazine rings is 1. The zero-order chi connectivity index (χ0) is 13.2. The van der Waals surface area contributed by atoms with Crippen LogP contribution in [0.4, 0.5) is 5.95 Å². The van der Waals surface area contributed by atoms with E-state index in [4.69, 9.17) is 4.74 Å². The molecule has 1 saturated heterocycles. The summed E-state index contributed by atoms with van der Waals surface area (Å²) in [6.07, 6.45) is 3.83. The van der Waals surface area contributed by atoms with Gasteiger partial charge in [-0.15, -0.1) is 0 Å². The predicted molar refractivity (Wildman–Crippen MR) is 70.1 cm³/mol. The lowest BCUT2D eigenvalue weighted by Gasteiger charge is -2.34. The molecular formula is C13H18N4O2. The molecule has 1 saturated carbocycles. The molecule has 0 spiro atoms. The van der Waals surface area contributed by atoms with Gasteiger partial charge in [0, 0.05) is 44.4 Å². The number of methoxy groups -OCH3 is 1. The smallest absolute Gasteiger partial charge is 0.228 e. The Balaban J connectivity index is 1.61. The fourth-order valence-electron chi connectivity index (χ4n) is 2.31. The van der Waals surface area contributed by atoms with Gasteiger partial charge in [-0.05, 0) is 12.8 Å². The van der Waals surface area contributed by atoms with Gasteiger partial charge in [0.25, 0.3) is 0 Å². The molecule has 0 bridgehead atoms. The molecule has 0 atom stereocenters. The normalized spacial score (nSPS) is 19.4. The average molecular weight is 262 g/mol. The zero-order valence-corrected chi connectivity index (χ0v) is 11.1. The van der Waals surface area contributed by atoms with Crippen LogP contribution in [-0.2, 0) is 4.79 Å². The Bertz CT molecular complexity index is 467. The standard InChI is InChI=1S/C13H18N4O2/c1-19-11-4-5-14-13(15-11)17-8-6-16(7-9-17)12(18)10-2-3-10/h4-5,10H,2-3,6-9H2,1H3. The number of carbonyl (C=O) groups is 1. The van der Waals surface area contributed by atoms with Crippen molar-refractivity contribution in [2.45, 2.75) is 12.8 Å². The minimum Gasteiger partial charge on any atom is -0.481 e. The van der Waals surface area contributed by atoms with Crippen LogP contribution in [0.25, 0.3) is 0 Å². The summed E-state index contributed by atoms with van der Waals surface area (Å²) in [6.45, 7) is 3.09. The number of hydrogen-bond donors (Lipinski definition) is 0. The van der Waals surface area contributed by atoms with Crippen LogP contribution in [0.5, 0.6) is 5.88 Å². The predicted octanol–water partition coefficient (Wildman–Crippen LogP) is 0.544. The molecule has 1 aliphatic carbocycles. The molecule has 0 radical (unpaired) electrons. The Kier molecular flexibility index (Phi) is 3.23. The second-order valence-electron chi connectivity index (χ2n) is 4.99. The van der Waals surface area contributed by atoms with Gasteiger partial charge < -0.3 is 14.5 Å². The van der Waals surface area contributed by atoms with E-state index in [1.807, 2.05) is 4.90 Å². The largest absolute Gasteiger partial charge is 0.481 e. The molecule has 19 heavy (non-hydrogen) atoms. The maximum Gasteiger partial charge on any atom is 0.228 e. The summed E-state index contributed by atoms with van der Waals surface area (Å²) < 4.78 is 5.10. The minimum absolute atomic E-state index is 0.305. The summed E-state index contributed by atoms with van der Waals surface area (Å²) in [4.78, 5) is 24.6. The molecule has 0 unspecified atom stereocenters. The third-order valence-electron chi connectivity index (χ3n) is 3.63. The minimum atomic E-state index is 0.305. The first-order valence-electron chi connectivity index (χ1n) is 6.68. The molecular weight excluding hydrogens is 244 g/mol. The van der Waals surface area contributed by atoms with E-state index in [1.54, 1.807) is 19.4 Å². The quantitative estimate of drug-likeness (QED) is 0.796. The van der Waals surface area contributed by atoms with Crippen molar-refractivity contribution in [3.8, 4) is 5.88 Å². The van der Waals surface area contributed by atoms with Crippen LogP contribution >= 0.6 is 0 Å². The van der Waals surface area contributed by atoms with Crippen molar-refractivity contribution in [3.63, 3.8) is 0 Å². The molecule has 102 valence electrons. The van der Waals surface area contributed by atoms with Gasteiger partial charge in [-0.1, -0.05) is 0 Å². The van der Waals surface area contributed by atoms with Crippen molar-refractivity contribution in [2.24, 2.45) is 5.92 Å². The molecule has 2 heterocycles. The topological polar surface area (TPSA) is 58.6 Å². The third-order valence-corrected chi connectivity index (χ3v) is 3.63. The fraction of sp³-hybridized carbons (Fsp3) is 0.615. The lowest BCUT2D eigenvalue weighted by molar-refractivity contribution is -0.132. The summed E-state index contributed by atoms with van der Waals surface area (Å²) in [6, 6.07) is 1.73. The summed E-state index contributed by atoms with van der Waals surface area (Å²) >= 11 is 0. The highest BCUT2D eigenvalue weighted by Gasteiger charge is 2.34. The summed E-state index contributed by atoms with van der Waals surface area (Å²) in [5.41, 5.74) is 0. The fourth-order valence-corrected chi connectivity index (χ4v) is 2.31. The highest BCUT2D eigenvalue weighted by Crippen LogP contribution is 2.31. The number of hydrogen-bond acceptors (Lipinski definition) is 5. The van der Waals surface area contributed by atoms with Crippen LogP contribution in [0.3, 0.4) is 0 Å². The number of ether oxygens (including phenoxy) is 1. The molecule has 2 aliphatic rings. The van der Waals surface area contributed by atoms with E-state index in [-0.39, 0.29) is 0 Å². The average Bonchev–Trinajstić information content (AvgIpc) is 3.31. The Morgan fingerprint density at radius 3 is 2.68 bits per heavy atom. The first kappa shape index (κ1) is 12.2. The van der Waals surface area contributed by atoms with Crippen LogP contribution in [-0.4, -0.2) is 54.1 Å².